The SMILES string of the molecule is Brc1ccc2cc(N3CCN4CCCCC4C3)ccc2c1. The van der Waals surface area contributed by atoms with Gasteiger partial charge in [0, 0.05) is 35.8 Å². The Balaban J connectivity index is 1.59. The van der Waals surface area contributed by atoms with E-state index < -0.39 is 0 Å². The highest BCUT2D eigenvalue weighted by Gasteiger charge is 2.28. The maximum absolute atomic E-state index is 3.55. The summed E-state index contributed by atoms with van der Waals surface area (Å²) in [5, 5.41) is 2.64. The van der Waals surface area contributed by atoms with Crippen molar-refractivity contribution in [2.75, 3.05) is 31.1 Å². The highest BCUT2D eigenvalue weighted by molar-refractivity contribution is 9.10. The lowest BCUT2D eigenvalue weighted by molar-refractivity contribution is 0.133. The number of piperazine rings is 1. The predicted octanol–water partition coefficient (Wildman–Crippen LogP) is 4.28. The molecule has 110 valence electrons. The maximum atomic E-state index is 3.55. The zero-order valence-corrected chi connectivity index (χ0v) is 13.8. The molecular weight excluding hydrogens is 324 g/mol. The fourth-order valence-electron chi connectivity index (χ4n) is 3.79. The van der Waals surface area contributed by atoms with Crippen LogP contribution in [0.25, 0.3) is 10.8 Å². The lowest BCUT2D eigenvalue weighted by atomic mass is 9.99. The van der Waals surface area contributed by atoms with Crippen molar-refractivity contribution >= 4 is 32.4 Å². The Labute approximate surface area is 134 Å². The van der Waals surface area contributed by atoms with Crippen molar-refractivity contribution < 1.29 is 0 Å². The first-order valence-electron chi connectivity index (χ1n) is 7.98. The molecule has 2 fully saturated rings. The second kappa shape index (κ2) is 5.62. The minimum atomic E-state index is 0.771. The van der Waals surface area contributed by atoms with Gasteiger partial charge < -0.3 is 4.90 Å². The van der Waals surface area contributed by atoms with E-state index in [1.54, 1.807) is 0 Å². The molecule has 0 N–H and O–H groups in total. The quantitative estimate of drug-likeness (QED) is 0.761. The van der Waals surface area contributed by atoms with Crippen LogP contribution < -0.4 is 4.90 Å². The molecule has 2 saturated heterocycles. The van der Waals surface area contributed by atoms with Gasteiger partial charge in [0.1, 0.15) is 0 Å². The molecule has 4 rings (SSSR count). The van der Waals surface area contributed by atoms with Gasteiger partial charge in [0.05, 0.1) is 0 Å². The number of piperidine rings is 1. The van der Waals surface area contributed by atoms with Crippen molar-refractivity contribution in [1.29, 1.82) is 0 Å². The molecule has 0 saturated carbocycles. The van der Waals surface area contributed by atoms with Gasteiger partial charge >= 0.3 is 0 Å². The molecule has 0 amide bonds. The summed E-state index contributed by atoms with van der Waals surface area (Å²) < 4.78 is 1.15. The van der Waals surface area contributed by atoms with Gasteiger partial charge in [0.2, 0.25) is 0 Å². The average molecular weight is 345 g/mol. The number of hydrogen-bond donors (Lipinski definition) is 0. The number of hydrogen-bond acceptors (Lipinski definition) is 2. The first-order valence-corrected chi connectivity index (χ1v) is 8.77. The van der Waals surface area contributed by atoms with Crippen LogP contribution in [0.4, 0.5) is 5.69 Å². The molecule has 2 aliphatic heterocycles. The zero-order chi connectivity index (χ0) is 14.2. The van der Waals surface area contributed by atoms with Crippen LogP contribution >= 0.6 is 15.9 Å². The zero-order valence-electron chi connectivity index (χ0n) is 12.3. The topological polar surface area (TPSA) is 6.48 Å². The molecule has 2 aromatic carbocycles. The van der Waals surface area contributed by atoms with Gasteiger partial charge in [-0.05, 0) is 54.4 Å². The van der Waals surface area contributed by atoms with E-state index in [2.05, 4.69) is 62.1 Å². The summed E-state index contributed by atoms with van der Waals surface area (Å²) in [6.07, 6.45) is 4.17. The third kappa shape index (κ3) is 2.69. The molecule has 2 nitrogen and oxygen atoms in total. The van der Waals surface area contributed by atoms with Crippen LogP contribution in [0.5, 0.6) is 0 Å². The summed E-state index contributed by atoms with van der Waals surface area (Å²) in [7, 11) is 0. The van der Waals surface area contributed by atoms with E-state index in [9.17, 15) is 0 Å². The largest absolute Gasteiger partial charge is 0.369 e. The van der Waals surface area contributed by atoms with Crippen molar-refractivity contribution in [2.24, 2.45) is 0 Å². The highest BCUT2D eigenvalue weighted by atomic mass is 79.9. The number of halogens is 1. The molecule has 2 aromatic rings. The molecule has 3 heteroatoms. The number of nitrogens with zero attached hydrogens (tertiary/aromatic N) is 2. The van der Waals surface area contributed by atoms with E-state index >= 15 is 0 Å². The summed E-state index contributed by atoms with van der Waals surface area (Å²) >= 11 is 3.55. The Morgan fingerprint density at radius 2 is 1.76 bits per heavy atom. The molecular formula is C18H21BrN2. The Bertz CT molecular complexity index is 655. The molecule has 0 aliphatic carbocycles. The van der Waals surface area contributed by atoms with Crippen LogP contribution in [0.1, 0.15) is 19.3 Å². The molecule has 0 radical (unpaired) electrons. The number of fused-ring (bicyclic) bond motifs is 2. The summed E-state index contributed by atoms with van der Waals surface area (Å²) in [5.41, 5.74) is 1.38. The standard InChI is InChI=1S/C18H21BrN2/c19-16-6-4-15-12-17(7-5-14(15)11-16)21-10-9-20-8-2-1-3-18(20)13-21/h4-7,11-12,18H,1-3,8-10,13H2. The lowest BCUT2D eigenvalue weighted by Crippen LogP contribution is -2.54. The van der Waals surface area contributed by atoms with E-state index in [0.717, 1.165) is 10.5 Å². The van der Waals surface area contributed by atoms with E-state index in [0.29, 0.717) is 0 Å². The average Bonchev–Trinajstić information content (AvgIpc) is 2.54. The monoisotopic (exact) mass is 344 g/mol. The molecule has 2 aliphatic rings. The van der Waals surface area contributed by atoms with Crippen molar-refractivity contribution in [3.05, 3.63) is 40.9 Å². The first kappa shape index (κ1) is 13.6. The molecule has 0 bridgehead atoms. The first-order chi connectivity index (χ1) is 10.3. The van der Waals surface area contributed by atoms with Crippen LogP contribution in [0.3, 0.4) is 0 Å². The summed E-state index contributed by atoms with van der Waals surface area (Å²) in [6, 6.07) is 14.2. The van der Waals surface area contributed by atoms with Gasteiger partial charge in [-0.1, -0.05) is 34.5 Å². The van der Waals surface area contributed by atoms with Crippen molar-refractivity contribution in [2.45, 2.75) is 25.3 Å². The maximum Gasteiger partial charge on any atom is 0.0373 e. The highest BCUT2D eigenvalue weighted by Crippen LogP contribution is 2.28. The van der Waals surface area contributed by atoms with Gasteiger partial charge in [-0.25, -0.2) is 0 Å². The van der Waals surface area contributed by atoms with Gasteiger partial charge in [0.15, 0.2) is 0 Å². The second-order valence-electron chi connectivity index (χ2n) is 6.31. The normalized spacial score (nSPS) is 23.3. The van der Waals surface area contributed by atoms with E-state index in [1.165, 1.54) is 61.9 Å². The van der Waals surface area contributed by atoms with Crippen molar-refractivity contribution in [3.63, 3.8) is 0 Å². The predicted molar refractivity (Wildman–Crippen MR) is 93.1 cm³/mol. The Morgan fingerprint density at radius 3 is 2.71 bits per heavy atom. The van der Waals surface area contributed by atoms with Crippen LogP contribution in [0.15, 0.2) is 40.9 Å². The number of rotatable bonds is 1. The minimum absolute atomic E-state index is 0.771. The molecule has 1 unspecified atom stereocenters. The summed E-state index contributed by atoms with van der Waals surface area (Å²) in [4.78, 5) is 5.27. The van der Waals surface area contributed by atoms with Gasteiger partial charge in [-0.15, -0.1) is 0 Å². The van der Waals surface area contributed by atoms with Crippen LogP contribution in [-0.2, 0) is 0 Å². The number of anilines is 1. The molecule has 2 heterocycles. The third-order valence-corrected chi connectivity index (χ3v) is 5.48. The smallest absolute Gasteiger partial charge is 0.0373 e. The van der Waals surface area contributed by atoms with Crippen molar-refractivity contribution in [3.8, 4) is 0 Å². The van der Waals surface area contributed by atoms with Crippen LogP contribution in [0, 0.1) is 0 Å². The van der Waals surface area contributed by atoms with Crippen LogP contribution in [0.2, 0.25) is 0 Å². The Kier molecular flexibility index (Phi) is 3.64. The van der Waals surface area contributed by atoms with E-state index in [1.807, 2.05) is 0 Å². The molecule has 1 atom stereocenters. The Hall–Kier alpha value is -1.06. The van der Waals surface area contributed by atoms with E-state index in [4.69, 9.17) is 0 Å². The van der Waals surface area contributed by atoms with Crippen LogP contribution in [-0.4, -0.2) is 37.1 Å². The second-order valence-corrected chi connectivity index (χ2v) is 7.22. The van der Waals surface area contributed by atoms with Crippen molar-refractivity contribution in [1.82, 2.24) is 4.90 Å². The molecule has 21 heavy (non-hydrogen) atoms. The number of benzene rings is 2. The summed E-state index contributed by atoms with van der Waals surface area (Å²) in [6.45, 7) is 4.90. The minimum Gasteiger partial charge on any atom is -0.369 e. The fourth-order valence-corrected chi connectivity index (χ4v) is 4.17. The van der Waals surface area contributed by atoms with Gasteiger partial charge in [-0.3, -0.25) is 4.90 Å². The van der Waals surface area contributed by atoms with E-state index in [-0.39, 0.29) is 0 Å². The Morgan fingerprint density at radius 1 is 0.905 bits per heavy atom. The molecule has 0 spiro atoms. The van der Waals surface area contributed by atoms with Gasteiger partial charge in [-0.2, -0.15) is 0 Å². The third-order valence-electron chi connectivity index (χ3n) is 4.99. The summed E-state index contributed by atoms with van der Waals surface area (Å²) in [5.74, 6) is 0. The lowest BCUT2D eigenvalue weighted by Gasteiger charge is -2.45. The fraction of sp³-hybridized carbons (Fsp3) is 0.444. The molecule has 0 aromatic heterocycles. The van der Waals surface area contributed by atoms with Gasteiger partial charge in [0.25, 0.3) is 0 Å².